The summed E-state index contributed by atoms with van der Waals surface area (Å²) in [5.74, 6) is 1.02. The van der Waals surface area contributed by atoms with Crippen molar-refractivity contribution in [2.45, 2.75) is 58.2 Å². The van der Waals surface area contributed by atoms with Crippen LogP contribution in [-0.2, 0) is 17.8 Å². The fraction of sp³-hybridized carbons (Fsp3) is 0.647. The molecule has 1 saturated heterocycles. The van der Waals surface area contributed by atoms with Crippen LogP contribution in [-0.4, -0.2) is 19.2 Å². The predicted molar refractivity (Wildman–Crippen MR) is 81.0 cm³/mol. The Morgan fingerprint density at radius 2 is 2.19 bits per heavy atom. The second-order valence-electron chi connectivity index (χ2n) is 6.12. The predicted octanol–water partition coefficient (Wildman–Crippen LogP) is 2.60. The number of nitrogens with zero attached hydrogens (tertiary/aromatic N) is 2. The molecule has 4 nitrogen and oxygen atoms in total. The fourth-order valence-corrected chi connectivity index (χ4v) is 3.38. The number of aromatic nitrogens is 1. The van der Waals surface area contributed by atoms with Crippen LogP contribution in [0.2, 0.25) is 0 Å². The smallest absolute Gasteiger partial charge is 0.292 e. The summed E-state index contributed by atoms with van der Waals surface area (Å²) in [5.41, 5.74) is 3.17. The summed E-state index contributed by atoms with van der Waals surface area (Å²) in [4.78, 5) is 5.91. The summed E-state index contributed by atoms with van der Waals surface area (Å²) in [5, 5.41) is 9.45. The number of hydrogen-bond acceptors (Lipinski definition) is 3. The Morgan fingerprint density at radius 3 is 2.90 bits per heavy atom. The van der Waals surface area contributed by atoms with Gasteiger partial charge in [0.25, 0.3) is 5.82 Å². The lowest BCUT2D eigenvalue weighted by molar-refractivity contribution is -0.382. The van der Waals surface area contributed by atoms with Crippen LogP contribution in [0, 0.1) is 11.3 Å². The van der Waals surface area contributed by atoms with E-state index >= 15 is 0 Å². The topological polar surface area (TPSA) is 50.4 Å². The maximum atomic E-state index is 9.45. The molecular formula is C17H24N3O+. The Balaban J connectivity index is 1.90. The SMILES string of the molecule is CCC[C@H]1Cc2[nH+]c(N3CCCCC3)c(C#N)cc2CO1. The van der Waals surface area contributed by atoms with Crippen LogP contribution in [0.1, 0.15) is 55.8 Å². The third-order valence-corrected chi connectivity index (χ3v) is 4.54. The molecule has 112 valence electrons. The number of fused-ring (bicyclic) bond motifs is 1. The molecule has 0 amide bonds. The molecule has 0 radical (unpaired) electrons. The summed E-state index contributed by atoms with van der Waals surface area (Å²) in [6, 6.07) is 4.38. The molecule has 0 aromatic carbocycles. The summed E-state index contributed by atoms with van der Waals surface area (Å²) >= 11 is 0. The van der Waals surface area contributed by atoms with E-state index in [2.05, 4.69) is 22.9 Å². The maximum Gasteiger partial charge on any atom is 0.292 e. The molecule has 2 aliphatic rings. The van der Waals surface area contributed by atoms with Crippen LogP contribution < -0.4 is 9.88 Å². The number of piperidine rings is 1. The van der Waals surface area contributed by atoms with Gasteiger partial charge in [-0.15, -0.1) is 0 Å². The van der Waals surface area contributed by atoms with Crippen molar-refractivity contribution in [1.29, 1.82) is 5.26 Å². The number of nitriles is 1. The van der Waals surface area contributed by atoms with E-state index < -0.39 is 0 Å². The average Bonchev–Trinajstić information content (AvgIpc) is 2.54. The van der Waals surface area contributed by atoms with Crippen LogP contribution in [0.3, 0.4) is 0 Å². The molecule has 1 aromatic rings. The summed E-state index contributed by atoms with van der Waals surface area (Å²) in [6.07, 6.45) is 7.25. The van der Waals surface area contributed by atoms with E-state index in [-0.39, 0.29) is 0 Å². The van der Waals surface area contributed by atoms with Gasteiger partial charge in [-0.1, -0.05) is 13.3 Å². The van der Waals surface area contributed by atoms with Gasteiger partial charge in [-0.05, 0) is 31.7 Å². The van der Waals surface area contributed by atoms with Gasteiger partial charge in [-0.2, -0.15) is 5.26 Å². The Labute approximate surface area is 126 Å². The molecule has 2 aliphatic heterocycles. The molecule has 3 rings (SSSR count). The van der Waals surface area contributed by atoms with Crippen LogP contribution >= 0.6 is 0 Å². The Hall–Kier alpha value is -1.60. The van der Waals surface area contributed by atoms with Gasteiger partial charge in [0.2, 0.25) is 0 Å². The first-order valence-corrected chi connectivity index (χ1v) is 8.16. The lowest BCUT2D eigenvalue weighted by atomic mass is 10.00. The molecule has 0 saturated carbocycles. The molecule has 0 aliphatic carbocycles. The molecule has 0 bridgehead atoms. The number of anilines is 1. The monoisotopic (exact) mass is 286 g/mol. The highest BCUT2D eigenvalue weighted by Crippen LogP contribution is 2.25. The van der Waals surface area contributed by atoms with Crippen LogP contribution in [0.15, 0.2) is 6.07 Å². The first-order chi connectivity index (χ1) is 10.3. The summed E-state index contributed by atoms with van der Waals surface area (Å²) in [6.45, 7) is 4.93. The second kappa shape index (κ2) is 6.44. The first-order valence-electron chi connectivity index (χ1n) is 8.16. The number of pyridine rings is 1. The molecule has 1 aromatic heterocycles. The van der Waals surface area contributed by atoms with Crippen LogP contribution in [0.5, 0.6) is 0 Å². The number of ether oxygens (including phenoxy) is 1. The first kappa shape index (κ1) is 14.3. The van der Waals surface area contributed by atoms with Gasteiger partial charge in [0.1, 0.15) is 17.3 Å². The van der Waals surface area contributed by atoms with Gasteiger partial charge >= 0.3 is 0 Å². The van der Waals surface area contributed by atoms with E-state index in [0.29, 0.717) is 12.7 Å². The van der Waals surface area contributed by atoms with Crippen molar-refractivity contribution >= 4 is 5.82 Å². The standard InChI is InChI=1S/C17H23N3O/c1-2-6-15-10-16-14(12-21-15)9-13(11-18)17(19-16)20-7-4-3-5-8-20/h9,15H,2-8,10,12H2,1H3/p+1/t15-/m0/s1. The van der Waals surface area contributed by atoms with E-state index in [1.54, 1.807) is 0 Å². The summed E-state index contributed by atoms with van der Waals surface area (Å²) in [7, 11) is 0. The van der Waals surface area contributed by atoms with Gasteiger partial charge < -0.3 is 4.74 Å². The minimum absolute atomic E-state index is 0.320. The minimum atomic E-state index is 0.320. The molecule has 1 fully saturated rings. The zero-order chi connectivity index (χ0) is 14.7. The van der Waals surface area contributed by atoms with E-state index in [9.17, 15) is 5.26 Å². The lowest BCUT2D eigenvalue weighted by Gasteiger charge is -2.26. The van der Waals surface area contributed by atoms with E-state index in [0.717, 1.165) is 49.3 Å². The van der Waals surface area contributed by atoms with Gasteiger partial charge in [0.05, 0.1) is 25.8 Å². The van der Waals surface area contributed by atoms with Gasteiger partial charge in [-0.3, -0.25) is 4.90 Å². The fourth-order valence-electron chi connectivity index (χ4n) is 3.38. The van der Waals surface area contributed by atoms with Crippen molar-refractivity contribution in [1.82, 2.24) is 0 Å². The zero-order valence-corrected chi connectivity index (χ0v) is 12.8. The third kappa shape index (κ3) is 3.03. The molecular weight excluding hydrogens is 262 g/mol. The number of hydrogen-bond donors (Lipinski definition) is 0. The minimum Gasteiger partial charge on any atom is -0.373 e. The van der Waals surface area contributed by atoms with E-state index in [1.165, 1.54) is 25.0 Å². The normalized spacial score (nSPS) is 21.7. The number of aromatic amines is 1. The Kier molecular flexibility index (Phi) is 4.40. The van der Waals surface area contributed by atoms with Crippen molar-refractivity contribution in [3.8, 4) is 6.07 Å². The van der Waals surface area contributed by atoms with Gasteiger partial charge in [0, 0.05) is 12.0 Å². The highest BCUT2D eigenvalue weighted by molar-refractivity contribution is 5.52. The van der Waals surface area contributed by atoms with Crippen LogP contribution in [0.25, 0.3) is 0 Å². The highest BCUT2D eigenvalue weighted by Gasteiger charge is 2.28. The number of nitrogens with one attached hydrogen (secondary N) is 1. The van der Waals surface area contributed by atoms with Gasteiger partial charge in [0.15, 0.2) is 0 Å². The van der Waals surface area contributed by atoms with E-state index in [1.807, 2.05) is 6.07 Å². The molecule has 3 heterocycles. The molecule has 4 heteroatoms. The second-order valence-corrected chi connectivity index (χ2v) is 6.12. The van der Waals surface area contributed by atoms with Crippen molar-refractivity contribution in [3.05, 3.63) is 22.9 Å². The molecule has 1 N–H and O–H groups in total. The highest BCUT2D eigenvalue weighted by atomic mass is 16.5. The lowest BCUT2D eigenvalue weighted by Crippen LogP contribution is -2.38. The van der Waals surface area contributed by atoms with Crippen molar-refractivity contribution in [2.24, 2.45) is 0 Å². The van der Waals surface area contributed by atoms with Crippen molar-refractivity contribution in [2.75, 3.05) is 18.0 Å². The van der Waals surface area contributed by atoms with E-state index in [4.69, 9.17) is 4.74 Å². The number of rotatable bonds is 3. The Bertz CT molecular complexity index is 544. The third-order valence-electron chi connectivity index (χ3n) is 4.54. The van der Waals surface area contributed by atoms with Gasteiger partial charge in [-0.25, -0.2) is 4.98 Å². The molecule has 1 atom stereocenters. The summed E-state index contributed by atoms with van der Waals surface area (Å²) < 4.78 is 5.89. The van der Waals surface area contributed by atoms with Crippen molar-refractivity contribution in [3.63, 3.8) is 0 Å². The van der Waals surface area contributed by atoms with Crippen molar-refractivity contribution < 1.29 is 9.72 Å². The Morgan fingerprint density at radius 1 is 1.38 bits per heavy atom. The largest absolute Gasteiger partial charge is 0.373 e. The quantitative estimate of drug-likeness (QED) is 0.858. The maximum absolute atomic E-state index is 9.45. The average molecular weight is 286 g/mol. The molecule has 21 heavy (non-hydrogen) atoms. The molecule has 0 spiro atoms. The zero-order valence-electron chi connectivity index (χ0n) is 12.8. The molecule has 0 unspecified atom stereocenters. The number of H-pyrrole nitrogens is 1. The van der Waals surface area contributed by atoms with Crippen LogP contribution in [0.4, 0.5) is 5.82 Å².